The summed E-state index contributed by atoms with van der Waals surface area (Å²) in [5, 5.41) is 21.5. The van der Waals surface area contributed by atoms with Crippen molar-refractivity contribution in [3.8, 4) is 6.07 Å². The van der Waals surface area contributed by atoms with E-state index in [0.29, 0.717) is 12.5 Å². The maximum absolute atomic E-state index is 9.78. The van der Waals surface area contributed by atoms with E-state index in [1.807, 2.05) is 6.92 Å². The van der Waals surface area contributed by atoms with E-state index in [2.05, 4.69) is 25.2 Å². The van der Waals surface area contributed by atoms with Gasteiger partial charge in [-0.2, -0.15) is 5.26 Å². The Morgan fingerprint density at radius 3 is 2.14 bits per heavy atom. The molecular formula is C11H22N2O. The molecule has 0 aromatic heterocycles. The number of hydrogen-bond acceptors (Lipinski definition) is 3. The van der Waals surface area contributed by atoms with Crippen LogP contribution in [0.25, 0.3) is 0 Å². The molecule has 2 atom stereocenters. The Labute approximate surface area is 87.1 Å². The van der Waals surface area contributed by atoms with Crippen LogP contribution in [0.2, 0.25) is 0 Å². The molecule has 0 fully saturated rings. The molecule has 2 unspecified atom stereocenters. The minimum Gasteiger partial charge on any atom is -0.392 e. The van der Waals surface area contributed by atoms with Crippen LogP contribution in [0.15, 0.2) is 0 Å². The van der Waals surface area contributed by atoms with Crippen molar-refractivity contribution in [3.05, 3.63) is 0 Å². The first-order valence-electron chi connectivity index (χ1n) is 5.50. The molecule has 0 bridgehead atoms. The van der Waals surface area contributed by atoms with Crippen molar-refractivity contribution in [1.29, 1.82) is 5.26 Å². The SMILES string of the molecule is CCC(C#N)NCC(O)C(CC)CC. The van der Waals surface area contributed by atoms with Gasteiger partial charge in [-0.15, -0.1) is 0 Å². The fourth-order valence-corrected chi connectivity index (χ4v) is 1.54. The maximum Gasteiger partial charge on any atom is 0.0951 e. The number of nitrogens with one attached hydrogen (secondary N) is 1. The predicted octanol–water partition coefficient (Wildman–Crippen LogP) is 1.68. The van der Waals surface area contributed by atoms with Crippen LogP contribution in [0.5, 0.6) is 0 Å². The summed E-state index contributed by atoms with van der Waals surface area (Å²) < 4.78 is 0. The van der Waals surface area contributed by atoms with Gasteiger partial charge in [-0.3, -0.25) is 5.32 Å². The number of nitriles is 1. The third kappa shape index (κ3) is 4.59. The molecule has 0 spiro atoms. The largest absolute Gasteiger partial charge is 0.392 e. The monoisotopic (exact) mass is 198 g/mol. The molecule has 0 aromatic carbocycles. The second kappa shape index (κ2) is 7.78. The molecule has 14 heavy (non-hydrogen) atoms. The lowest BCUT2D eigenvalue weighted by Gasteiger charge is -2.21. The van der Waals surface area contributed by atoms with E-state index in [-0.39, 0.29) is 12.1 Å². The third-order valence-corrected chi connectivity index (χ3v) is 2.73. The van der Waals surface area contributed by atoms with Gasteiger partial charge in [0, 0.05) is 6.54 Å². The minimum absolute atomic E-state index is 0.126. The number of aliphatic hydroxyl groups is 1. The van der Waals surface area contributed by atoms with Crippen molar-refractivity contribution >= 4 is 0 Å². The third-order valence-electron chi connectivity index (χ3n) is 2.73. The predicted molar refractivity (Wildman–Crippen MR) is 57.8 cm³/mol. The molecular weight excluding hydrogens is 176 g/mol. The van der Waals surface area contributed by atoms with E-state index in [0.717, 1.165) is 19.3 Å². The van der Waals surface area contributed by atoms with Crippen molar-refractivity contribution in [2.24, 2.45) is 5.92 Å². The first-order valence-corrected chi connectivity index (χ1v) is 5.50. The van der Waals surface area contributed by atoms with Gasteiger partial charge in [0.1, 0.15) is 0 Å². The normalized spacial score (nSPS) is 15.1. The summed E-state index contributed by atoms with van der Waals surface area (Å²) in [7, 11) is 0. The smallest absolute Gasteiger partial charge is 0.0951 e. The highest BCUT2D eigenvalue weighted by Gasteiger charge is 2.16. The number of rotatable bonds is 7. The molecule has 0 saturated carbocycles. The number of aliphatic hydroxyl groups excluding tert-OH is 1. The second-order valence-electron chi connectivity index (χ2n) is 3.64. The van der Waals surface area contributed by atoms with Gasteiger partial charge in [0.2, 0.25) is 0 Å². The molecule has 0 amide bonds. The Morgan fingerprint density at radius 1 is 1.21 bits per heavy atom. The molecule has 3 nitrogen and oxygen atoms in total. The standard InChI is InChI=1S/C11H22N2O/c1-4-9(5-2)11(14)8-13-10(6-3)7-12/h9-11,13-14H,4-6,8H2,1-3H3. The summed E-state index contributed by atoms with van der Waals surface area (Å²) in [5.74, 6) is 0.346. The van der Waals surface area contributed by atoms with E-state index in [1.54, 1.807) is 0 Å². The zero-order valence-electron chi connectivity index (χ0n) is 9.45. The van der Waals surface area contributed by atoms with Crippen LogP contribution in [-0.4, -0.2) is 23.8 Å². The van der Waals surface area contributed by atoms with Crippen LogP contribution in [0.1, 0.15) is 40.0 Å². The Kier molecular flexibility index (Phi) is 7.45. The van der Waals surface area contributed by atoms with Gasteiger partial charge in [-0.25, -0.2) is 0 Å². The Bertz CT molecular complexity index is 173. The summed E-state index contributed by atoms with van der Waals surface area (Å²) in [4.78, 5) is 0. The van der Waals surface area contributed by atoms with E-state index in [1.165, 1.54) is 0 Å². The molecule has 0 aliphatic heterocycles. The summed E-state index contributed by atoms with van der Waals surface area (Å²) >= 11 is 0. The maximum atomic E-state index is 9.78. The molecule has 0 rings (SSSR count). The molecule has 82 valence electrons. The van der Waals surface area contributed by atoms with Gasteiger partial charge in [0.15, 0.2) is 0 Å². The van der Waals surface area contributed by atoms with Crippen LogP contribution < -0.4 is 5.32 Å². The highest BCUT2D eigenvalue weighted by Crippen LogP contribution is 2.12. The van der Waals surface area contributed by atoms with Gasteiger partial charge in [0.05, 0.1) is 18.2 Å². The van der Waals surface area contributed by atoms with Crippen molar-refractivity contribution in [2.45, 2.75) is 52.2 Å². The Morgan fingerprint density at radius 2 is 1.79 bits per heavy atom. The molecule has 0 radical (unpaired) electrons. The molecule has 0 aliphatic carbocycles. The van der Waals surface area contributed by atoms with Crippen molar-refractivity contribution in [2.75, 3.05) is 6.54 Å². The molecule has 3 heteroatoms. The van der Waals surface area contributed by atoms with Crippen molar-refractivity contribution in [1.82, 2.24) is 5.32 Å². The van der Waals surface area contributed by atoms with Crippen molar-refractivity contribution in [3.63, 3.8) is 0 Å². The molecule has 2 N–H and O–H groups in total. The van der Waals surface area contributed by atoms with Gasteiger partial charge in [0.25, 0.3) is 0 Å². The van der Waals surface area contributed by atoms with Crippen LogP contribution in [0.4, 0.5) is 0 Å². The zero-order valence-corrected chi connectivity index (χ0v) is 9.45. The van der Waals surface area contributed by atoms with Crippen LogP contribution in [0.3, 0.4) is 0 Å². The van der Waals surface area contributed by atoms with Gasteiger partial charge >= 0.3 is 0 Å². The summed E-state index contributed by atoms with van der Waals surface area (Å²) in [5.41, 5.74) is 0. The van der Waals surface area contributed by atoms with Crippen LogP contribution in [0, 0.1) is 17.2 Å². The topological polar surface area (TPSA) is 56.0 Å². The van der Waals surface area contributed by atoms with Gasteiger partial charge < -0.3 is 5.11 Å². The molecule has 0 aliphatic rings. The summed E-state index contributed by atoms with van der Waals surface area (Å²) in [6.07, 6.45) is 2.43. The first kappa shape index (κ1) is 13.4. The van der Waals surface area contributed by atoms with Crippen molar-refractivity contribution < 1.29 is 5.11 Å². The average molecular weight is 198 g/mol. The van der Waals surface area contributed by atoms with Gasteiger partial charge in [-0.1, -0.05) is 33.6 Å². The lowest BCUT2D eigenvalue weighted by Crippen LogP contribution is -2.37. The number of nitrogens with zero attached hydrogens (tertiary/aromatic N) is 1. The van der Waals surface area contributed by atoms with E-state index < -0.39 is 0 Å². The number of hydrogen-bond donors (Lipinski definition) is 2. The highest BCUT2D eigenvalue weighted by molar-refractivity contribution is 4.89. The van der Waals surface area contributed by atoms with E-state index >= 15 is 0 Å². The quantitative estimate of drug-likeness (QED) is 0.654. The minimum atomic E-state index is -0.326. The Balaban J connectivity index is 3.82. The van der Waals surface area contributed by atoms with E-state index in [4.69, 9.17) is 5.26 Å². The molecule has 0 heterocycles. The van der Waals surface area contributed by atoms with Gasteiger partial charge in [-0.05, 0) is 12.3 Å². The van der Waals surface area contributed by atoms with E-state index in [9.17, 15) is 5.11 Å². The highest BCUT2D eigenvalue weighted by atomic mass is 16.3. The summed E-state index contributed by atoms with van der Waals surface area (Å²) in [6, 6.07) is 2.03. The fraction of sp³-hybridized carbons (Fsp3) is 0.909. The Hall–Kier alpha value is -0.590. The van der Waals surface area contributed by atoms with Crippen LogP contribution >= 0.6 is 0 Å². The first-order chi connectivity index (χ1) is 6.69. The lowest BCUT2D eigenvalue weighted by molar-refractivity contribution is 0.0999. The lowest BCUT2D eigenvalue weighted by atomic mass is 9.96. The molecule has 0 aromatic rings. The zero-order chi connectivity index (χ0) is 11.0. The molecule has 0 saturated heterocycles. The second-order valence-corrected chi connectivity index (χ2v) is 3.64. The average Bonchev–Trinajstić information content (AvgIpc) is 2.21. The fourth-order valence-electron chi connectivity index (χ4n) is 1.54. The van der Waals surface area contributed by atoms with Crippen LogP contribution in [-0.2, 0) is 0 Å². The summed E-state index contributed by atoms with van der Waals surface area (Å²) in [6.45, 7) is 6.65.